The lowest BCUT2D eigenvalue weighted by Gasteiger charge is -2.28. The zero-order valence-corrected chi connectivity index (χ0v) is 16.0. The van der Waals surface area contributed by atoms with Crippen LogP contribution >= 0.6 is 27.3 Å². The lowest BCUT2D eigenvalue weighted by molar-refractivity contribution is -0.122. The summed E-state index contributed by atoms with van der Waals surface area (Å²) in [5, 5.41) is 7.63. The number of hydrogen-bond acceptors (Lipinski definition) is 5. The minimum atomic E-state index is -0.246. The number of nitrogens with one attached hydrogen (secondary N) is 2. The second-order valence-electron chi connectivity index (χ2n) is 6.82. The Balaban J connectivity index is 1.57. The van der Waals surface area contributed by atoms with Crippen LogP contribution in [0.15, 0.2) is 39.6 Å². The number of amides is 1. The smallest absolute Gasteiger partial charge is 0.223 e. The number of rotatable bonds is 4. The molecule has 132 valence electrons. The van der Waals surface area contributed by atoms with Crippen molar-refractivity contribution in [2.24, 2.45) is 23.5 Å². The first kappa shape index (κ1) is 16.0. The Morgan fingerprint density at radius 1 is 1.38 bits per heavy atom. The molecule has 3 aromatic heterocycles. The molecule has 4 atom stereocenters. The number of anilines is 1. The van der Waals surface area contributed by atoms with Crippen LogP contribution in [0.5, 0.6) is 0 Å². The van der Waals surface area contributed by atoms with Gasteiger partial charge in [0.15, 0.2) is 5.65 Å². The second kappa shape index (κ2) is 5.92. The van der Waals surface area contributed by atoms with Crippen molar-refractivity contribution in [2.75, 3.05) is 5.32 Å². The van der Waals surface area contributed by atoms with Crippen molar-refractivity contribution < 1.29 is 4.79 Å². The predicted octanol–water partition coefficient (Wildman–Crippen LogP) is 3.54. The van der Waals surface area contributed by atoms with Gasteiger partial charge in [0.1, 0.15) is 11.3 Å². The van der Waals surface area contributed by atoms with Gasteiger partial charge in [-0.05, 0) is 45.6 Å². The third kappa shape index (κ3) is 2.39. The Kier molecular flexibility index (Phi) is 3.65. The molecule has 0 spiro atoms. The molecule has 0 unspecified atom stereocenters. The van der Waals surface area contributed by atoms with Crippen molar-refractivity contribution in [3.63, 3.8) is 0 Å². The standard InChI is InChI=1S/C18H16BrN5OS/c19-11-6-21-18-15(23-17(24-18)10-3-4-26-7-10)14(11)22-13-9-2-1-8(5-9)12(13)16(20)25/h1-4,6-9,12-13H,5H2,(H2,20,25)(H2,21,22,23,24)/t8-,9+,12+,13-/m1/s1. The van der Waals surface area contributed by atoms with Crippen molar-refractivity contribution in [1.82, 2.24) is 15.0 Å². The number of nitrogens with two attached hydrogens (primary N) is 1. The van der Waals surface area contributed by atoms with E-state index in [9.17, 15) is 4.79 Å². The molecule has 26 heavy (non-hydrogen) atoms. The van der Waals surface area contributed by atoms with Gasteiger partial charge >= 0.3 is 0 Å². The summed E-state index contributed by atoms with van der Waals surface area (Å²) in [4.78, 5) is 24.4. The molecule has 6 nitrogen and oxygen atoms in total. The van der Waals surface area contributed by atoms with Crippen LogP contribution in [0, 0.1) is 17.8 Å². The van der Waals surface area contributed by atoms with Crippen molar-refractivity contribution in [1.29, 1.82) is 0 Å². The first-order chi connectivity index (χ1) is 12.6. The van der Waals surface area contributed by atoms with E-state index in [2.05, 4.69) is 48.4 Å². The number of carbonyl (C=O) groups excluding carboxylic acids is 1. The number of H-pyrrole nitrogens is 1. The topological polar surface area (TPSA) is 96.7 Å². The van der Waals surface area contributed by atoms with Crippen molar-refractivity contribution in [2.45, 2.75) is 12.5 Å². The molecule has 0 aliphatic heterocycles. The van der Waals surface area contributed by atoms with Crippen LogP contribution in [0.25, 0.3) is 22.6 Å². The van der Waals surface area contributed by atoms with Gasteiger partial charge in [0.25, 0.3) is 0 Å². The highest BCUT2D eigenvalue weighted by Gasteiger charge is 2.47. The molecule has 0 aromatic carbocycles. The number of primary amides is 1. The molecule has 1 saturated carbocycles. The van der Waals surface area contributed by atoms with Gasteiger partial charge in [-0.15, -0.1) is 0 Å². The van der Waals surface area contributed by atoms with Crippen LogP contribution in [0.2, 0.25) is 0 Å². The molecule has 3 aromatic rings. The molecule has 2 aliphatic carbocycles. The van der Waals surface area contributed by atoms with Gasteiger partial charge in [-0.3, -0.25) is 4.79 Å². The van der Waals surface area contributed by atoms with Crippen LogP contribution in [0.3, 0.4) is 0 Å². The molecule has 4 N–H and O–H groups in total. The molecule has 0 radical (unpaired) electrons. The maximum atomic E-state index is 12.0. The minimum absolute atomic E-state index is 0.0164. The number of nitrogens with zero attached hydrogens (tertiary/aromatic N) is 2. The van der Waals surface area contributed by atoms with Crippen molar-refractivity contribution >= 4 is 50.0 Å². The van der Waals surface area contributed by atoms with Gasteiger partial charge in [-0.2, -0.15) is 11.3 Å². The van der Waals surface area contributed by atoms with Crippen LogP contribution in [0.4, 0.5) is 5.69 Å². The van der Waals surface area contributed by atoms with E-state index in [0.29, 0.717) is 11.6 Å². The van der Waals surface area contributed by atoms with Gasteiger partial charge in [0.2, 0.25) is 5.91 Å². The van der Waals surface area contributed by atoms with Crippen LogP contribution < -0.4 is 11.1 Å². The van der Waals surface area contributed by atoms with E-state index in [1.807, 2.05) is 16.8 Å². The van der Waals surface area contributed by atoms with Crippen LogP contribution in [-0.2, 0) is 4.79 Å². The summed E-state index contributed by atoms with van der Waals surface area (Å²) < 4.78 is 0.834. The predicted molar refractivity (Wildman–Crippen MR) is 106 cm³/mol. The monoisotopic (exact) mass is 429 g/mol. The average molecular weight is 430 g/mol. The number of aromatic amines is 1. The highest BCUT2D eigenvalue weighted by Crippen LogP contribution is 2.46. The molecule has 3 heterocycles. The summed E-state index contributed by atoms with van der Waals surface area (Å²) in [5.41, 5.74) is 9.08. The molecule has 1 amide bonds. The van der Waals surface area contributed by atoms with E-state index < -0.39 is 0 Å². The molecule has 2 bridgehead atoms. The second-order valence-corrected chi connectivity index (χ2v) is 8.46. The number of carbonyl (C=O) groups is 1. The third-order valence-electron chi connectivity index (χ3n) is 5.37. The highest BCUT2D eigenvalue weighted by molar-refractivity contribution is 9.10. The van der Waals surface area contributed by atoms with Gasteiger partial charge in [-0.25, -0.2) is 9.97 Å². The summed E-state index contributed by atoms with van der Waals surface area (Å²) in [5.74, 6) is 0.888. The van der Waals surface area contributed by atoms with Gasteiger partial charge in [0, 0.05) is 23.2 Å². The zero-order chi connectivity index (χ0) is 17.8. The summed E-state index contributed by atoms with van der Waals surface area (Å²) in [6.45, 7) is 0. The summed E-state index contributed by atoms with van der Waals surface area (Å²) in [6, 6.07) is 2.01. The number of imidazole rings is 1. The number of pyridine rings is 1. The van der Waals surface area contributed by atoms with Gasteiger partial charge < -0.3 is 16.0 Å². The fourth-order valence-electron chi connectivity index (χ4n) is 4.18. The number of allylic oxidation sites excluding steroid dienone is 1. The number of aromatic nitrogens is 3. The number of fused-ring (bicyclic) bond motifs is 3. The van der Waals surface area contributed by atoms with E-state index in [0.717, 1.165) is 33.5 Å². The first-order valence-corrected chi connectivity index (χ1v) is 10.2. The number of halogens is 1. The summed E-state index contributed by atoms with van der Waals surface area (Å²) >= 11 is 5.21. The summed E-state index contributed by atoms with van der Waals surface area (Å²) in [7, 11) is 0. The maximum absolute atomic E-state index is 12.0. The molecular weight excluding hydrogens is 414 g/mol. The molecule has 8 heteroatoms. The summed E-state index contributed by atoms with van der Waals surface area (Å²) in [6.07, 6.45) is 7.03. The van der Waals surface area contributed by atoms with E-state index >= 15 is 0 Å². The van der Waals surface area contributed by atoms with Gasteiger partial charge in [-0.1, -0.05) is 12.2 Å². The SMILES string of the molecule is NC(=O)[C@@H]1[C@H](Nc2c(Br)cnc3nc(-c4ccsc4)[nH]c23)[C@H]2C=C[C@@H]1C2. The maximum Gasteiger partial charge on any atom is 0.223 e. The van der Waals surface area contributed by atoms with Crippen molar-refractivity contribution in [3.05, 3.63) is 39.6 Å². The normalized spacial score (nSPS) is 26.7. The molecule has 0 saturated heterocycles. The van der Waals surface area contributed by atoms with E-state index in [1.165, 1.54) is 0 Å². The molecule has 5 rings (SSSR count). The lowest BCUT2D eigenvalue weighted by atomic mass is 9.88. The fourth-order valence-corrected chi connectivity index (χ4v) is 5.24. The minimum Gasteiger partial charge on any atom is -0.378 e. The zero-order valence-electron chi connectivity index (χ0n) is 13.6. The molecule has 1 fully saturated rings. The lowest BCUT2D eigenvalue weighted by Crippen LogP contribution is -2.41. The fraction of sp³-hybridized carbons (Fsp3) is 0.278. The largest absolute Gasteiger partial charge is 0.378 e. The molecular formula is C18H16BrN5OS. The Morgan fingerprint density at radius 3 is 3.00 bits per heavy atom. The van der Waals surface area contributed by atoms with E-state index in [1.54, 1.807) is 17.5 Å². The van der Waals surface area contributed by atoms with Crippen LogP contribution in [0.1, 0.15) is 6.42 Å². The Bertz CT molecular complexity index is 1030. The van der Waals surface area contributed by atoms with Crippen molar-refractivity contribution in [3.8, 4) is 11.4 Å². The highest BCUT2D eigenvalue weighted by atomic mass is 79.9. The van der Waals surface area contributed by atoms with E-state index in [-0.39, 0.29) is 23.8 Å². The first-order valence-electron chi connectivity index (χ1n) is 8.43. The Hall–Kier alpha value is -2.19. The Labute approximate surface area is 162 Å². The third-order valence-corrected chi connectivity index (χ3v) is 6.65. The average Bonchev–Trinajstić information content (AvgIpc) is 3.39. The number of hydrogen-bond donors (Lipinski definition) is 3. The number of thiophene rings is 1. The van der Waals surface area contributed by atoms with Gasteiger partial charge in [0.05, 0.1) is 16.1 Å². The van der Waals surface area contributed by atoms with E-state index in [4.69, 9.17) is 5.73 Å². The Morgan fingerprint density at radius 2 is 2.23 bits per heavy atom. The molecule has 2 aliphatic rings. The van der Waals surface area contributed by atoms with Crippen LogP contribution in [-0.4, -0.2) is 26.9 Å². The quantitative estimate of drug-likeness (QED) is 0.552.